The number of rotatable bonds is 4. The van der Waals surface area contributed by atoms with Gasteiger partial charge in [0, 0.05) is 25.2 Å². The van der Waals surface area contributed by atoms with Crippen LogP contribution in [0.5, 0.6) is 0 Å². The molecule has 5 heteroatoms. The molecule has 0 N–H and O–H groups in total. The summed E-state index contributed by atoms with van der Waals surface area (Å²) in [5.74, 6) is 0. The van der Waals surface area contributed by atoms with Gasteiger partial charge in [-0.05, 0) is 30.8 Å². The van der Waals surface area contributed by atoms with Crippen LogP contribution in [-0.4, -0.2) is 21.5 Å². The van der Waals surface area contributed by atoms with Gasteiger partial charge in [-0.15, -0.1) is 0 Å². The first-order valence-corrected chi connectivity index (χ1v) is 7.80. The highest BCUT2D eigenvalue weighted by molar-refractivity contribution is 6.31. The predicted octanol–water partition coefficient (Wildman–Crippen LogP) is 3.22. The molecule has 3 aromatic rings. The summed E-state index contributed by atoms with van der Waals surface area (Å²) in [5, 5.41) is 0.735. The van der Waals surface area contributed by atoms with Gasteiger partial charge in [-0.1, -0.05) is 41.9 Å². The second kappa shape index (κ2) is 6.52. The summed E-state index contributed by atoms with van der Waals surface area (Å²) >= 11 is 6.20. The molecule has 118 valence electrons. The van der Waals surface area contributed by atoms with E-state index in [9.17, 15) is 4.79 Å². The van der Waals surface area contributed by atoms with Crippen LogP contribution in [0.3, 0.4) is 0 Å². The Bertz CT molecular complexity index is 904. The maximum absolute atomic E-state index is 12.5. The van der Waals surface area contributed by atoms with Gasteiger partial charge >= 0.3 is 0 Å². The first-order chi connectivity index (χ1) is 11.1. The molecule has 1 heterocycles. The Kier molecular flexibility index (Phi) is 4.46. The summed E-state index contributed by atoms with van der Waals surface area (Å²) in [5.41, 5.74) is 3.19. The number of aromatic nitrogens is 2. The molecule has 2 aromatic carbocycles. The molecule has 0 amide bonds. The predicted molar refractivity (Wildman–Crippen MR) is 93.6 cm³/mol. The molecule has 0 aliphatic carbocycles. The van der Waals surface area contributed by atoms with E-state index >= 15 is 0 Å². The molecule has 3 rings (SSSR count). The molecule has 0 saturated carbocycles. The molecule has 0 unspecified atom stereocenters. The maximum atomic E-state index is 12.5. The molecule has 1 aromatic heterocycles. The minimum atomic E-state index is -0.0605. The molecule has 0 radical (unpaired) electrons. The largest absolute Gasteiger partial charge is 0.308 e. The molecule has 0 aliphatic heterocycles. The summed E-state index contributed by atoms with van der Waals surface area (Å²) in [6.07, 6.45) is 0. The van der Waals surface area contributed by atoms with Crippen molar-refractivity contribution in [2.45, 2.75) is 13.1 Å². The summed E-state index contributed by atoms with van der Waals surface area (Å²) in [6.45, 7) is 1.14. The third-order valence-corrected chi connectivity index (χ3v) is 4.24. The smallest absolute Gasteiger partial charge is 0.273 e. The van der Waals surface area contributed by atoms with Gasteiger partial charge in [-0.3, -0.25) is 9.69 Å². The number of nitrogens with zero attached hydrogens (tertiary/aromatic N) is 3. The highest BCUT2D eigenvalue weighted by Gasteiger charge is 2.11. The van der Waals surface area contributed by atoms with Crippen LogP contribution in [0.15, 0.2) is 53.3 Å². The van der Waals surface area contributed by atoms with Crippen molar-refractivity contribution in [1.82, 2.24) is 14.5 Å². The zero-order valence-electron chi connectivity index (χ0n) is 13.2. The van der Waals surface area contributed by atoms with Crippen molar-refractivity contribution in [1.29, 1.82) is 0 Å². The lowest BCUT2D eigenvalue weighted by molar-refractivity contribution is 0.313. The van der Waals surface area contributed by atoms with Crippen molar-refractivity contribution in [2.75, 3.05) is 7.05 Å². The topological polar surface area (TPSA) is 38.1 Å². The molecule has 0 saturated heterocycles. The Morgan fingerprint density at radius 2 is 1.78 bits per heavy atom. The van der Waals surface area contributed by atoms with Crippen molar-refractivity contribution in [3.8, 4) is 0 Å². The Morgan fingerprint density at radius 3 is 2.57 bits per heavy atom. The fraction of sp³-hybridized carbons (Fsp3) is 0.222. The zero-order valence-corrected chi connectivity index (χ0v) is 13.9. The fourth-order valence-corrected chi connectivity index (χ4v) is 2.87. The molecule has 0 bridgehead atoms. The maximum Gasteiger partial charge on any atom is 0.273 e. The highest BCUT2D eigenvalue weighted by atomic mass is 35.5. The minimum absolute atomic E-state index is 0.0605. The first kappa shape index (κ1) is 15.7. The number of hydrogen-bond acceptors (Lipinski definition) is 3. The minimum Gasteiger partial charge on any atom is -0.308 e. The van der Waals surface area contributed by atoms with Crippen molar-refractivity contribution in [3.63, 3.8) is 0 Å². The lowest BCUT2D eigenvalue weighted by Gasteiger charge is -2.17. The Morgan fingerprint density at radius 1 is 1.09 bits per heavy atom. The molecular weight excluding hydrogens is 310 g/mol. The summed E-state index contributed by atoms with van der Waals surface area (Å²) < 4.78 is 1.65. The van der Waals surface area contributed by atoms with Crippen LogP contribution in [-0.2, 0) is 20.1 Å². The average Bonchev–Trinajstić information content (AvgIpc) is 2.54. The highest BCUT2D eigenvalue weighted by Crippen LogP contribution is 2.17. The van der Waals surface area contributed by atoms with Crippen LogP contribution in [0.1, 0.15) is 11.3 Å². The van der Waals surface area contributed by atoms with Crippen molar-refractivity contribution in [3.05, 3.63) is 75.2 Å². The molecule has 4 nitrogen and oxygen atoms in total. The molecule has 0 atom stereocenters. The lowest BCUT2D eigenvalue weighted by atomic mass is 10.2. The normalized spacial score (nSPS) is 11.3. The van der Waals surface area contributed by atoms with E-state index in [2.05, 4.69) is 4.98 Å². The van der Waals surface area contributed by atoms with E-state index in [4.69, 9.17) is 11.6 Å². The van der Waals surface area contributed by atoms with Gasteiger partial charge in [0.25, 0.3) is 5.56 Å². The van der Waals surface area contributed by atoms with Crippen LogP contribution in [0.25, 0.3) is 11.0 Å². The first-order valence-electron chi connectivity index (χ1n) is 7.43. The van der Waals surface area contributed by atoms with Gasteiger partial charge < -0.3 is 4.57 Å². The van der Waals surface area contributed by atoms with Crippen molar-refractivity contribution >= 4 is 22.6 Å². The van der Waals surface area contributed by atoms with E-state index in [0.29, 0.717) is 18.8 Å². The molecule has 0 spiro atoms. The van der Waals surface area contributed by atoms with Gasteiger partial charge in [0.1, 0.15) is 5.69 Å². The van der Waals surface area contributed by atoms with Gasteiger partial charge in [0.05, 0.1) is 11.0 Å². The van der Waals surface area contributed by atoms with E-state index in [1.807, 2.05) is 60.5 Å². The Balaban J connectivity index is 1.88. The van der Waals surface area contributed by atoms with Crippen LogP contribution < -0.4 is 5.56 Å². The Hall–Kier alpha value is -2.17. The van der Waals surface area contributed by atoms with Gasteiger partial charge in [-0.2, -0.15) is 0 Å². The SMILES string of the molecule is CN(Cc1ccccc1Cl)Cc1nc2ccccc2n(C)c1=O. The molecule has 23 heavy (non-hydrogen) atoms. The standard InChI is InChI=1S/C18H18ClN3O/c1-21(11-13-7-3-4-8-14(13)19)12-16-18(23)22(2)17-10-6-5-9-15(17)20-16/h3-10H,11-12H2,1-2H3. The number of halogens is 1. The second-order valence-electron chi connectivity index (χ2n) is 5.68. The quantitative estimate of drug-likeness (QED) is 0.738. The van der Waals surface area contributed by atoms with Crippen molar-refractivity contribution < 1.29 is 0 Å². The third-order valence-electron chi connectivity index (χ3n) is 3.87. The van der Waals surface area contributed by atoms with E-state index < -0.39 is 0 Å². The zero-order chi connectivity index (χ0) is 16.4. The van der Waals surface area contributed by atoms with E-state index in [0.717, 1.165) is 21.6 Å². The van der Waals surface area contributed by atoms with Crippen LogP contribution in [0.4, 0.5) is 0 Å². The van der Waals surface area contributed by atoms with E-state index in [1.54, 1.807) is 11.6 Å². The summed E-state index contributed by atoms with van der Waals surface area (Å²) in [6, 6.07) is 15.4. The van der Waals surface area contributed by atoms with E-state index in [1.165, 1.54) is 0 Å². The van der Waals surface area contributed by atoms with E-state index in [-0.39, 0.29) is 5.56 Å². The molecule has 0 aliphatic rings. The van der Waals surface area contributed by atoms with Crippen LogP contribution in [0.2, 0.25) is 5.02 Å². The third kappa shape index (κ3) is 3.28. The number of fused-ring (bicyclic) bond motifs is 1. The second-order valence-corrected chi connectivity index (χ2v) is 6.08. The molecule has 0 fully saturated rings. The monoisotopic (exact) mass is 327 g/mol. The average molecular weight is 328 g/mol. The number of aryl methyl sites for hydroxylation is 1. The van der Waals surface area contributed by atoms with Crippen LogP contribution in [0, 0.1) is 0 Å². The summed E-state index contributed by atoms with van der Waals surface area (Å²) in [4.78, 5) is 19.1. The van der Waals surface area contributed by atoms with Gasteiger partial charge in [0.15, 0.2) is 0 Å². The lowest BCUT2D eigenvalue weighted by Crippen LogP contribution is -2.28. The fourth-order valence-electron chi connectivity index (χ4n) is 2.67. The van der Waals surface area contributed by atoms with Crippen molar-refractivity contribution in [2.24, 2.45) is 7.05 Å². The number of benzene rings is 2. The van der Waals surface area contributed by atoms with Crippen LogP contribution >= 0.6 is 11.6 Å². The van der Waals surface area contributed by atoms with Gasteiger partial charge in [-0.25, -0.2) is 4.98 Å². The summed E-state index contributed by atoms with van der Waals surface area (Å²) in [7, 11) is 3.74. The molecular formula is C18H18ClN3O. The Labute approximate surface area is 140 Å². The number of para-hydroxylation sites is 2. The number of hydrogen-bond donors (Lipinski definition) is 0. The van der Waals surface area contributed by atoms with Gasteiger partial charge in [0.2, 0.25) is 0 Å².